The van der Waals surface area contributed by atoms with Gasteiger partial charge in [0.05, 0.1) is 27.8 Å². The summed E-state index contributed by atoms with van der Waals surface area (Å²) < 4.78 is 13.4. The number of aryl methyl sites for hydroxylation is 2. The number of rotatable bonds is 6. The van der Waals surface area contributed by atoms with Crippen LogP contribution in [0.25, 0.3) is 33.2 Å². The van der Waals surface area contributed by atoms with Gasteiger partial charge in [0.2, 0.25) is 0 Å². The minimum atomic E-state index is -0.316. The quantitative estimate of drug-likeness (QED) is 0.267. The Kier molecular flexibility index (Phi) is 5.91. The monoisotopic (exact) mass is 486 g/mol. The van der Waals surface area contributed by atoms with Crippen LogP contribution in [0.2, 0.25) is 0 Å². The number of imidazole rings is 1. The lowest BCUT2D eigenvalue weighted by atomic mass is 10.0. The Morgan fingerprint density at radius 1 is 0.784 bits per heavy atom. The molecule has 0 fully saturated rings. The Morgan fingerprint density at radius 3 is 2.30 bits per heavy atom. The summed E-state index contributed by atoms with van der Waals surface area (Å²) in [5.74, 6) is 0.417. The molecule has 180 valence electrons. The van der Waals surface area contributed by atoms with Crippen LogP contribution in [0.3, 0.4) is 0 Å². The van der Waals surface area contributed by atoms with Crippen molar-refractivity contribution in [3.63, 3.8) is 0 Å². The average molecular weight is 487 g/mol. The first-order valence-electron chi connectivity index (χ1n) is 12.1. The third-order valence-electron chi connectivity index (χ3n) is 6.40. The molecule has 0 aliphatic carbocycles. The molecule has 2 heterocycles. The van der Waals surface area contributed by atoms with Crippen molar-refractivity contribution in [2.45, 2.75) is 12.8 Å². The lowest BCUT2D eigenvalue weighted by molar-refractivity contribution is 0.102. The van der Waals surface area contributed by atoms with Gasteiger partial charge >= 0.3 is 0 Å². The highest BCUT2D eigenvalue weighted by Gasteiger charge is 2.14. The third-order valence-corrected chi connectivity index (χ3v) is 6.40. The van der Waals surface area contributed by atoms with Crippen LogP contribution in [0.15, 0.2) is 103 Å². The first-order valence-corrected chi connectivity index (χ1v) is 12.1. The van der Waals surface area contributed by atoms with Crippen LogP contribution < -0.4 is 5.32 Å². The van der Waals surface area contributed by atoms with Crippen LogP contribution in [-0.2, 0) is 12.8 Å². The van der Waals surface area contributed by atoms with Gasteiger partial charge in [0.15, 0.2) is 0 Å². The number of benzene rings is 4. The van der Waals surface area contributed by atoms with E-state index >= 15 is 0 Å². The number of halogens is 1. The molecule has 0 saturated carbocycles. The highest BCUT2D eigenvalue weighted by atomic mass is 19.1. The van der Waals surface area contributed by atoms with Gasteiger partial charge in [0.1, 0.15) is 11.6 Å². The number of H-pyrrole nitrogens is 1. The molecule has 0 spiro atoms. The minimum Gasteiger partial charge on any atom is -0.342 e. The molecule has 0 radical (unpaired) electrons. The molecule has 4 aromatic carbocycles. The Labute approximate surface area is 213 Å². The maximum Gasteiger partial charge on any atom is 0.256 e. The fourth-order valence-corrected chi connectivity index (χ4v) is 4.47. The molecule has 5 nitrogen and oxygen atoms in total. The van der Waals surface area contributed by atoms with Gasteiger partial charge in [0.25, 0.3) is 5.91 Å². The maximum absolute atomic E-state index is 13.4. The topological polar surface area (TPSA) is 70.7 Å². The Balaban J connectivity index is 1.20. The Morgan fingerprint density at radius 2 is 1.51 bits per heavy atom. The van der Waals surface area contributed by atoms with Crippen LogP contribution >= 0.6 is 0 Å². The normalized spacial score (nSPS) is 11.2. The Hall–Kier alpha value is -4.84. The van der Waals surface area contributed by atoms with Crippen LogP contribution in [0.1, 0.15) is 21.7 Å². The molecular weight excluding hydrogens is 463 g/mol. The van der Waals surface area contributed by atoms with E-state index in [1.165, 1.54) is 12.1 Å². The lowest BCUT2D eigenvalue weighted by Gasteiger charge is -2.11. The van der Waals surface area contributed by atoms with Gasteiger partial charge in [-0.2, -0.15) is 0 Å². The highest BCUT2D eigenvalue weighted by molar-refractivity contribution is 6.13. The molecule has 0 unspecified atom stereocenters. The van der Waals surface area contributed by atoms with Crippen LogP contribution in [0.5, 0.6) is 0 Å². The predicted octanol–water partition coefficient (Wildman–Crippen LogP) is 6.95. The SMILES string of the molecule is O=C(Nc1ccc(CCc2nc3ccccc3[nH]2)cc1)c1cc(-c2ccc(F)cc2)nc2ccccc12. The Bertz CT molecular complexity index is 1690. The van der Waals surface area contributed by atoms with Crippen LogP contribution in [0.4, 0.5) is 10.1 Å². The van der Waals surface area contributed by atoms with Crippen molar-refractivity contribution in [3.8, 4) is 11.3 Å². The molecule has 0 aliphatic heterocycles. The molecular formula is C31H23FN4O. The van der Waals surface area contributed by atoms with E-state index in [-0.39, 0.29) is 11.7 Å². The molecule has 6 aromatic rings. The van der Waals surface area contributed by atoms with Gasteiger partial charge in [-0.05, 0) is 72.6 Å². The average Bonchev–Trinajstić information content (AvgIpc) is 3.35. The molecule has 0 saturated heterocycles. The number of nitrogens with one attached hydrogen (secondary N) is 2. The number of carbonyl (C=O) groups is 1. The van der Waals surface area contributed by atoms with E-state index in [9.17, 15) is 9.18 Å². The van der Waals surface area contributed by atoms with Crippen molar-refractivity contribution in [1.29, 1.82) is 0 Å². The standard InChI is InChI=1S/C31H23FN4O/c32-22-14-12-21(13-15-22)29-19-25(24-5-1-2-6-26(24)34-29)31(37)33-23-16-9-20(10-17-23)11-18-30-35-27-7-3-4-8-28(27)36-30/h1-10,12-17,19H,11,18H2,(H,33,37)(H,35,36). The second kappa shape index (κ2) is 9.66. The van der Waals surface area contributed by atoms with Gasteiger partial charge < -0.3 is 10.3 Å². The van der Waals surface area contributed by atoms with E-state index in [0.29, 0.717) is 22.5 Å². The lowest BCUT2D eigenvalue weighted by Crippen LogP contribution is -2.13. The van der Waals surface area contributed by atoms with Crippen molar-refractivity contribution in [1.82, 2.24) is 15.0 Å². The molecule has 0 atom stereocenters. The molecule has 2 aromatic heterocycles. The fourth-order valence-electron chi connectivity index (χ4n) is 4.47. The van der Waals surface area contributed by atoms with Gasteiger partial charge in [0, 0.05) is 23.1 Å². The summed E-state index contributed by atoms with van der Waals surface area (Å²) in [7, 11) is 0. The van der Waals surface area contributed by atoms with E-state index in [1.54, 1.807) is 18.2 Å². The number of aromatic amines is 1. The van der Waals surface area contributed by atoms with Crippen molar-refractivity contribution < 1.29 is 9.18 Å². The molecule has 0 bridgehead atoms. The molecule has 6 rings (SSSR count). The number of anilines is 1. The van der Waals surface area contributed by atoms with Gasteiger partial charge in [-0.3, -0.25) is 4.79 Å². The van der Waals surface area contributed by atoms with Crippen LogP contribution in [0, 0.1) is 5.82 Å². The maximum atomic E-state index is 13.4. The number of para-hydroxylation sites is 3. The summed E-state index contributed by atoms with van der Waals surface area (Å²) >= 11 is 0. The number of carbonyl (C=O) groups excluding carboxylic acids is 1. The van der Waals surface area contributed by atoms with Gasteiger partial charge in [-0.25, -0.2) is 14.4 Å². The summed E-state index contributed by atoms with van der Waals surface area (Å²) in [6.45, 7) is 0. The number of fused-ring (bicyclic) bond motifs is 2. The molecule has 6 heteroatoms. The van der Waals surface area contributed by atoms with Crippen molar-refractivity contribution in [2.75, 3.05) is 5.32 Å². The van der Waals surface area contributed by atoms with Crippen molar-refractivity contribution in [3.05, 3.63) is 126 Å². The zero-order valence-electron chi connectivity index (χ0n) is 19.9. The van der Waals surface area contributed by atoms with Crippen molar-refractivity contribution >= 4 is 33.5 Å². The summed E-state index contributed by atoms with van der Waals surface area (Å²) in [6.07, 6.45) is 1.64. The zero-order valence-corrected chi connectivity index (χ0v) is 19.9. The molecule has 1 amide bonds. The molecule has 0 aliphatic rings. The largest absolute Gasteiger partial charge is 0.342 e. The zero-order chi connectivity index (χ0) is 25.2. The van der Waals surface area contributed by atoms with E-state index in [2.05, 4.69) is 20.3 Å². The highest BCUT2D eigenvalue weighted by Crippen LogP contribution is 2.26. The number of nitrogens with zero attached hydrogens (tertiary/aromatic N) is 2. The number of pyridine rings is 1. The molecule has 2 N–H and O–H groups in total. The van der Waals surface area contributed by atoms with E-state index < -0.39 is 0 Å². The summed E-state index contributed by atoms with van der Waals surface area (Å²) in [4.78, 5) is 26.0. The molecule has 37 heavy (non-hydrogen) atoms. The van der Waals surface area contributed by atoms with Gasteiger partial charge in [-0.15, -0.1) is 0 Å². The summed E-state index contributed by atoms with van der Waals surface area (Å²) in [5, 5.41) is 3.77. The third kappa shape index (κ3) is 4.82. The van der Waals surface area contributed by atoms with Crippen LogP contribution in [-0.4, -0.2) is 20.9 Å². The van der Waals surface area contributed by atoms with E-state index in [1.807, 2.05) is 72.8 Å². The number of hydrogen-bond acceptors (Lipinski definition) is 3. The smallest absolute Gasteiger partial charge is 0.256 e. The van der Waals surface area contributed by atoms with Crippen molar-refractivity contribution in [2.24, 2.45) is 0 Å². The van der Waals surface area contributed by atoms with E-state index in [0.717, 1.165) is 46.2 Å². The summed E-state index contributed by atoms with van der Waals surface area (Å²) in [5.41, 5.74) is 6.46. The second-order valence-corrected chi connectivity index (χ2v) is 8.93. The fraction of sp³-hybridized carbons (Fsp3) is 0.0645. The number of amides is 1. The number of aromatic nitrogens is 3. The van der Waals surface area contributed by atoms with Gasteiger partial charge in [-0.1, -0.05) is 42.5 Å². The first kappa shape index (κ1) is 22.6. The number of hydrogen-bond donors (Lipinski definition) is 2. The minimum absolute atomic E-state index is 0.225. The first-order chi connectivity index (χ1) is 18.1. The second-order valence-electron chi connectivity index (χ2n) is 8.93. The summed E-state index contributed by atoms with van der Waals surface area (Å²) in [6, 6.07) is 31.3. The van der Waals surface area contributed by atoms with E-state index in [4.69, 9.17) is 0 Å². The predicted molar refractivity (Wildman–Crippen MR) is 145 cm³/mol.